The second kappa shape index (κ2) is 6.37. The molecule has 0 fully saturated rings. The monoisotopic (exact) mass is 340 g/mol. The third-order valence-corrected chi connectivity index (χ3v) is 3.82. The van der Waals surface area contributed by atoms with Crippen LogP contribution < -0.4 is 11.1 Å². The topological polar surface area (TPSA) is 90.0 Å². The Hall–Kier alpha value is -2.05. The molecule has 2 rings (SSSR count). The summed E-state index contributed by atoms with van der Waals surface area (Å²) in [6, 6.07) is 4.51. The van der Waals surface area contributed by atoms with Crippen LogP contribution in [0.4, 0.5) is 5.69 Å². The van der Waals surface area contributed by atoms with Gasteiger partial charge < -0.3 is 11.1 Å². The molecule has 1 aromatic heterocycles. The number of carbonyl (C=O) groups is 2. The molecule has 0 bridgehead atoms. The molecule has 3 N–H and O–H groups in total. The fourth-order valence-corrected chi connectivity index (χ4v) is 2.33. The quantitative estimate of drug-likeness (QED) is 0.896. The van der Waals surface area contributed by atoms with Gasteiger partial charge >= 0.3 is 0 Å². The number of aryl methyl sites for hydroxylation is 2. The van der Waals surface area contributed by atoms with Crippen LogP contribution >= 0.6 is 23.2 Å². The molecule has 22 heavy (non-hydrogen) atoms. The first-order valence-corrected chi connectivity index (χ1v) is 7.24. The van der Waals surface area contributed by atoms with Crippen molar-refractivity contribution < 1.29 is 9.59 Å². The zero-order chi connectivity index (χ0) is 16.4. The zero-order valence-electron chi connectivity index (χ0n) is 12.0. The minimum Gasteiger partial charge on any atom is -0.364 e. The average Bonchev–Trinajstić information content (AvgIpc) is 2.78. The standard InChI is InChI=1S/C14H14Cl2N4O2/c1-3-20-12(13(17)21)11(7(2)19-20)18-14(22)8-4-5-9(15)10(16)6-8/h4-6H,3H2,1-2H3,(H2,17,21)(H,18,22). The summed E-state index contributed by atoms with van der Waals surface area (Å²) in [4.78, 5) is 23.9. The highest BCUT2D eigenvalue weighted by Crippen LogP contribution is 2.25. The van der Waals surface area contributed by atoms with Gasteiger partial charge in [0.05, 0.1) is 21.4 Å². The van der Waals surface area contributed by atoms with E-state index in [0.717, 1.165) is 0 Å². The Balaban J connectivity index is 2.38. The number of halogens is 2. The Labute approximate surface area is 137 Å². The van der Waals surface area contributed by atoms with Crippen molar-refractivity contribution in [1.29, 1.82) is 0 Å². The first-order valence-electron chi connectivity index (χ1n) is 6.48. The number of nitrogens with one attached hydrogen (secondary N) is 1. The summed E-state index contributed by atoms with van der Waals surface area (Å²) < 4.78 is 1.45. The summed E-state index contributed by atoms with van der Waals surface area (Å²) in [5, 5.41) is 7.46. The van der Waals surface area contributed by atoms with Gasteiger partial charge in [-0.05, 0) is 32.0 Å². The summed E-state index contributed by atoms with van der Waals surface area (Å²) in [5.74, 6) is -1.09. The lowest BCUT2D eigenvalue weighted by Gasteiger charge is -2.07. The Morgan fingerprint density at radius 1 is 1.32 bits per heavy atom. The molecule has 0 aliphatic heterocycles. The van der Waals surface area contributed by atoms with Crippen molar-refractivity contribution in [3.63, 3.8) is 0 Å². The van der Waals surface area contributed by atoms with E-state index in [0.29, 0.717) is 28.5 Å². The second-order valence-corrected chi connectivity index (χ2v) is 5.39. The van der Waals surface area contributed by atoms with E-state index in [1.54, 1.807) is 6.92 Å². The highest BCUT2D eigenvalue weighted by atomic mass is 35.5. The van der Waals surface area contributed by atoms with Crippen LogP contribution in [-0.2, 0) is 6.54 Å². The van der Waals surface area contributed by atoms with Gasteiger partial charge in [0.1, 0.15) is 5.69 Å². The maximum atomic E-state index is 12.3. The number of benzene rings is 1. The van der Waals surface area contributed by atoms with Gasteiger partial charge in [0.25, 0.3) is 11.8 Å². The molecule has 6 nitrogen and oxygen atoms in total. The molecule has 0 spiro atoms. The largest absolute Gasteiger partial charge is 0.364 e. The molecule has 1 heterocycles. The lowest BCUT2D eigenvalue weighted by atomic mass is 10.2. The number of nitrogens with zero attached hydrogens (tertiary/aromatic N) is 2. The fourth-order valence-electron chi connectivity index (χ4n) is 2.03. The maximum absolute atomic E-state index is 12.3. The molecule has 2 amide bonds. The molecule has 0 aliphatic rings. The number of aromatic nitrogens is 2. The molecule has 1 aromatic carbocycles. The maximum Gasteiger partial charge on any atom is 0.269 e. The Bertz CT molecular complexity index is 756. The lowest BCUT2D eigenvalue weighted by Crippen LogP contribution is -2.21. The van der Waals surface area contributed by atoms with Gasteiger partial charge in [0, 0.05) is 12.1 Å². The van der Waals surface area contributed by atoms with Crippen molar-refractivity contribution in [3.8, 4) is 0 Å². The van der Waals surface area contributed by atoms with E-state index in [-0.39, 0.29) is 10.7 Å². The van der Waals surface area contributed by atoms with Crippen molar-refractivity contribution in [3.05, 3.63) is 45.2 Å². The van der Waals surface area contributed by atoms with Crippen LogP contribution in [0.15, 0.2) is 18.2 Å². The van der Waals surface area contributed by atoms with E-state index in [1.165, 1.54) is 22.9 Å². The Kier molecular flexibility index (Phi) is 4.73. The van der Waals surface area contributed by atoms with Crippen molar-refractivity contribution in [1.82, 2.24) is 9.78 Å². The van der Waals surface area contributed by atoms with E-state index >= 15 is 0 Å². The van der Waals surface area contributed by atoms with Gasteiger partial charge in [-0.2, -0.15) is 5.10 Å². The molecule has 0 unspecified atom stereocenters. The molecular formula is C14H14Cl2N4O2. The van der Waals surface area contributed by atoms with Gasteiger partial charge in [-0.15, -0.1) is 0 Å². The zero-order valence-corrected chi connectivity index (χ0v) is 13.5. The summed E-state index contributed by atoms with van der Waals surface area (Å²) >= 11 is 11.7. The summed E-state index contributed by atoms with van der Waals surface area (Å²) in [5.41, 5.74) is 6.65. The van der Waals surface area contributed by atoms with Crippen LogP contribution in [-0.4, -0.2) is 21.6 Å². The number of hydrogen-bond donors (Lipinski definition) is 2. The number of hydrogen-bond acceptors (Lipinski definition) is 3. The van der Waals surface area contributed by atoms with Crippen LogP contribution in [0, 0.1) is 6.92 Å². The van der Waals surface area contributed by atoms with Gasteiger partial charge in [-0.25, -0.2) is 0 Å². The first kappa shape index (κ1) is 16.3. The van der Waals surface area contributed by atoms with Gasteiger partial charge in [0.2, 0.25) is 0 Å². The van der Waals surface area contributed by atoms with E-state index in [2.05, 4.69) is 10.4 Å². The third kappa shape index (κ3) is 3.08. The van der Waals surface area contributed by atoms with Crippen LogP contribution in [0.5, 0.6) is 0 Å². The molecule has 0 aliphatic carbocycles. The van der Waals surface area contributed by atoms with Crippen molar-refractivity contribution in [2.45, 2.75) is 20.4 Å². The first-order chi connectivity index (χ1) is 10.3. The molecular weight excluding hydrogens is 327 g/mol. The molecule has 0 radical (unpaired) electrons. The van der Waals surface area contributed by atoms with E-state index in [9.17, 15) is 9.59 Å². The highest BCUT2D eigenvalue weighted by Gasteiger charge is 2.21. The molecule has 0 atom stereocenters. The molecule has 116 valence electrons. The number of carbonyl (C=O) groups excluding carboxylic acids is 2. The van der Waals surface area contributed by atoms with Crippen molar-refractivity contribution in [2.75, 3.05) is 5.32 Å². The summed E-state index contributed by atoms with van der Waals surface area (Å²) in [6.45, 7) is 3.97. The number of primary amides is 1. The Morgan fingerprint density at radius 2 is 2.00 bits per heavy atom. The van der Waals surface area contributed by atoms with Gasteiger partial charge in [0.15, 0.2) is 0 Å². The van der Waals surface area contributed by atoms with Crippen LogP contribution in [0.1, 0.15) is 33.5 Å². The normalized spacial score (nSPS) is 10.5. The van der Waals surface area contributed by atoms with E-state index < -0.39 is 11.8 Å². The van der Waals surface area contributed by atoms with E-state index in [1.807, 2.05) is 6.92 Å². The number of anilines is 1. The number of nitrogens with two attached hydrogens (primary N) is 1. The minimum atomic E-state index is -0.660. The van der Waals surface area contributed by atoms with Crippen molar-refractivity contribution in [2.24, 2.45) is 5.73 Å². The van der Waals surface area contributed by atoms with Crippen LogP contribution in [0.2, 0.25) is 10.0 Å². The lowest BCUT2D eigenvalue weighted by molar-refractivity contribution is 0.0991. The Morgan fingerprint density at radius 3 is 2.55 bits per heavy atom. The summed E-state index contributed by atoms with van der Waals surface area (Å²) in [7, 11) is 0. The molecule has 8 heteroatoms. The van der Waals surface area contributed by atoms with Gasteiger partial charge in [-0.3, -0.25) is 14.3 Å². The predicted molar refractivity (Wildman–Crippen MR) is 85.6 cm³/mol. The van der Waals surface area contributed by atoms with Crippen molar-refractivity contribution >= 4 is 40.7 Å². The van der Waals surface area contributed by atoms with Crippen LogP contribution in [0.25, 0.3) is 0 Å². The smallest absolute Gasteiger partial charge is 0.269 e. The second-order valence-electron chi connectivity index (χ2n) is 4.57. The SMILES string of the molecule is CCn1nc(C)c(NC(=O)c2ccc(Cl)c(Cl)c2)c1C(N)=O. The molecule has 0 saturated carbocycles. The van der Waals surface area contributed by atoms with Gasteiger partial charge in [-0.1, -0.05) is 23.2 Å². The number of rotatable bonds is 4. The minimum absolute atomic E-state index is 0.161. The highest BCUT2D eigenvalue weighted by molar-refractivity contribution is 6.42. The predicted octanol–water partition coefficient (Wildman–Crippen LogP) is 2.87. The summed E-state index contributed by atoms with van der Waals surface area (Å²) in [6.07, 6.45) is 0. The molecule has 2 aromatic rings. The fraction of sp³-hybridized carbons (Fsp3) is 0.214. The van der Waals surface area contributed by atoms with Crippen LogP contribution in [0.3, 0.4) is 0 Å². The third-order valence-electron chi connectivity index (χ3n) is 3.08. The average molecular weight is 341 g/mol. The molecule has 0 saturated heterocycles. The van der Waals surface area contributed by atoms with E-state index in [4.69, 9.17) is 28.9 Å². The number of amides is 2.